The van der Waals surface area contributed by atoms with Crippen molar-refractivity contribution in [1.82, 2.24) is 0 Å². The van der Waals surface area contributed by atoms with Gasteiger partial charge in [0, 0.05) is 17.2 Å². The second-order valence-electron chi connectivity index (χ2n) is 8.14. The first-order chi connectivity index (χ1) is 17.4. The third-order valence-corrected chi connectivity index (χ3v) is 5.57. The number of ether oxygens (including phenoxy) is 2. The average molecular weight is 489 g/mol. The molecule has 0 aromatic heterocycles. The predicted molar refractivity (Wildman–Crippen MR) is 134 cm³/mol. The molecule has 0 fully saturated rings. The Morgan fingerprint density at radius 1 is 0.806 bits per heavy atom. The Hall–Kier alpha value is -4.32. The number of carbonyl (C=O) groups is 1. The van der Waals surface area contributed by atoms with E-state index in [4.69, 9.17) is 9.47 Å². The summed E-state index contributed by atoms with van der Waals surface area (Å²) in [6.07, 6.45) is 2.36. The lowest BCUT2D eigenvalue weighted by Crippen LogP contribution is -2.12. The molecular weight excluding hydrogens is 465 g/mol. The third kappa shape index (κ3) is 5.49. The van der Waals surface area contributed by atoms with E-state index in [1.807, 2.05) is 6.92 Å². The summed E-state index contributed by atoms with van der Waals surface area (Å²) in [4.78, 5) is 12.5. The van der Waals surface area contributed by atoms with Gasteiger partial charge in [-0.3, -0.25) is 0 Å². The van der Waals surface area contributed by atoms with Gasteiger partial charge in [0.25, 0.3) is 0 Å². The van der Waals surface area contributed by atoms with E-state index in [9.17, 15) is 18.0 Å². The van der Waals surface area contributed by atoms with Crippen molar-refractivity contribution in [3.8, 4) is 33.8 Å². The summed E-state index contributed by atoms with van der Waals surface area (Å²) in [6.45, 7) is 5.90. The van der Waals surface area contributed by atoms with Gasteiger partial charge in [0.2, 0.25) is 0 Å². The highest BCUT2D eigenvalue weighted by atomic mass is 19.2. The Morgan fingerprint density at radius 2 is 1.42 bits per heavy atom. The molecule has 0 saturated heterocycles. The standard InChI is InChI=1S/C30H23F3O3/c1-3-4-17-35-23-13-14-24(27(31)18-23)20-9-11-22(12-10-20)36-30(34)26-16-15-25(28(32)29(26)33)21-7-5-19(2)6-8-21/h3,5-16,18H,1,4,17H2,2H3. The lowest BCUT2D eigenvalue weighted by molar-refractivity contribution is 0.0728. The Balaban J connectivity index is 1.48. The first-order valence-electron chi connectivity index (χ1n) is 11.3. The van der Waals surface area contributed by atoms with Crippen LogP contribution in [0, 0.1) is 24.4 Å². The SMILES string of the molecule is C=CCCOc1ccc(-c2ccc(OC(=O)c3ccc(-c4ccc(C)cc4)c(F)c3F)cc2)c(F)c1. The van der Waals surface area contributed by atoms with Gasteiger partial charge in [-0.15, -0.1) is 6.58 Å². The van der Waals surface area contributed by atoms with Crippen molar-refractivity contribution in [2.75, 3.05) is 6.61 Å². The Kier molecular flexibility index (Phi) is 7.54. The molecule has 182 valence electrons. The molecule has 0 unspecified atom stereocenters. The van der Waals surface area contributed by atoms with Gasteiger partial charge < -0.3 is 9.47 Å². The molecule has 4 aromatic carbocycles. The van der Waals surface area contributed by atoms with Crippen LogP contribution < -0.4 is 9.47 Å². The lowest BCUT2D eigenvalue weighted by Gasteiger charge is -2.10. The summed E-state index contributed by atoms with van der Waals surface area (Å²) in [5, 5.41) is 0. The van der Waals surface area contributed by atoms with E-state index < -0.39 is 29.0 Å². The molecule has 0 aliphatic carbocycles. The number of hydrogen-bond acceptors (Lipinski definition) is 3. The van der Waals surface area contributed by atoms with Crippen molar-refractivity contribution in [2.45, 2.75) is 13.3 Å². The molecule has 0 spiro atoms. The number of carbonyl (C=O) groups excluding carboxylic acids is 1. The molecule has 4 rings (SSSR count). The molecule has 0 aliphatic rings. The van der Waals surface area contributed by atoms with Gasteiger partial charge in [-0.2, -0.15) is 0 Å². The van der Waals surface area contributed by atoms with Crippen molar-refractivity contribution in [3.63, 3.8) is 0 Å². The summed E-state index contributed by atoms with van der Waals surface area (Å²) < 4.78 is 54.7. The minimum absolute atomic E-state index is 0.0487. The summed E-state index contributed by atoms with van der Waals surface area (Å²) >= 11 is 0. The number of rotatable bonds is 8. The highest BCUT2D eigenvalue weighted by Gasteiger charge is 2.21. The largest absolute Gasteiger partial charge is 0.493 e. The quantitative estimate of drug-likeness (QED) is 0.109. The molecule has 0 N–H and O–H groups in total. The van der Waals surface area contributed by atoms with Crippen LogP contribution >= 0.6 is 0 Å². The zero-order valence-electron chi connectivity index (χ0n) is 19.6. The van der Waals surface area contributed by atoms with Crippen LogP contribution in [0.25, 0.3) is 22.3 Å². The molecule has 6 heteroatoms. The van der Waals surface area contributed by atoms with Crippen LogP contribution in [0.2, 0.25) is 0 Å². The lowest BCUT2D eigenvalue weighted by atomic mass is 10.0. The molecule has 0 bridgehead atoms. The fraction of sp³-hybridized carbons (Fsp3) is 0.100. The van der Waals surface area contributed by atoms with E-state index in [2.05, 4.69) is 6.58 Å². The van der Waals surface area contributed by atoms with Crippen LogP contribution in [0.5, 0.6) is 11.5 Å². The molecule has 0 atom stereocenters. The zero-order chi connectivity index (χ0) is 25.7. The number of esters is 1. The maximum Gasteiger partial charge on any atom is 0.346 e. The van der Waals surface area contributed by atoms with Crippen LogP contribution in [0.3, 0.4) is 0 Å². The molecule has 36 heavy (non-hydrogen) atoms. The fourth-order valence-corrected chi connectivity index (χ4v) is 3.61. The minimum Gasteiger partial charge on any atom is -0.493 e. The van der Waals surface area contributed by atoms with Crippen LogP contribution in [0.1, 0.15) is 22.3 Å². The minimum atomic E-state index is -1.29. The van der Waals surface area contributed by atoms with Gasteiger partial charge in [0.05, 0.1) is 12.2 Å². The van der Waals surface area contributed by atoms with Crippen LogP contribution in [-0.4, -0.2) is 12.6 Å². The zero-order valence-corrected chi connectivity index (χ0v) is 19.6. The van der Waals surface area contributed by atoms with Gasteiger partial charge in [0.15, 0.2) is 11.6 Å². The van der Waals surface area contributed by atoms with Gasteiger partial charge >= 0.3 is 5.97 Å². The number of aryl methyl sites for hydroxylation is 1. The normalized spacial score (nSPS) is 10.7. The Morgan fingerprint density at radius 3 is 2.08 bits per heavy atom. The van der Waals surface area contributed by atoms with Crippen molar-refractivity contribution >= 4 is 5.97 Å². The molecule has 0 heterocycles. The fourth-order valence-electron chi connectivity index (χ4n) is 3.61. The smallest absolute Gasteiger partial charge is 0.346 e. The maximum absolute atomic E-state index is 14.7. The van der Waals surface area contributed by atoms with Crippen molar-refractivity contribution in [3.05, 3.63) is 120 Å². The topological polar surface area (TPSA) is 35.5 Å². The molecule has 4 aromatic rings. The Bertz CT molecular complexity index is 1390. The first kappa shape index (κ1) is 24.8. The summed E-state index contributed by atoms with van der Waals surface area (Å²) in [7, 11) is 0. The van der Waals surface area contributed by atoms with Crippen molar-refractivity contribution in [2.24, 2.45) is 0 Å². The Labute approximate surface area is 207 Å². The molecule has 0 amide bonds. The van der Waals surface area contributed by atoms with Gasteiger partial charge in [-0.05, 0) is 54.8 Å². The van der Waals surface area contributed by atoms with Gasteiger partial charge in [-0.1, -0.05) is 54.1 Å². The van der Waals surface area contributed by atoms with E-state index in [0.717, 1.165) is 5.56 Å². The second kappa shape index (κ2) is 11.0. The predicted octanol–water partition coefficient (Wildman–Crippen LogP) is 7.92. The highest BCUT2D eigenvalue weighted by molar-refractivity contribution is 5.92. The molecule has 0 radical (unpaired) electrons. The van der Waals surface area contributed by atoms with E-state index in [0.29, 0.717) is 35.5 Å². The highest BCUT2D eigenvalue weighted by Crippen LogP contribution is 2.30. The summed E-state index contributed by atoms with van der Waals surface area (Å²) in [5.74, 6) is -3.41. The monoisotopic (exact) mass is 488 g/mol. The van der Waals surface area contributed by atoms with E-state index >= 15 is 0 Å². The van der Waals surface area contributed by atoms with Crippen LogP contribution in [0.4, 0.5) is 13.2 Å². The van der Waals surface area contributed by atoms with E-state index in [-0.39, 0.29) is 11.3 Å². The van der Waals surface area contributed by atoms with E-state index in [1.54, 1.807) is 54.6 Å². The maximum atomic E-state index is 14.7. The van der Waals surface area contributed by atoms with Crippen molar-refractivity contribution < 1.29 is 27.4 Å². The number of benzene rings is 4. The number of halogens is 3. The third-order valence-electron chi connectivity index (χ3n) is 5.57. The molecule has 0 aliphatic heterocycles. The first-order valence-corrected chi connectivity index (χ1v) is 11.3. The van der Waals surface area contributed by atoms with Crippen LogP contribution in [0.15, 0.2) is 91.5 Å². The molecule has 3 nitrogen and oxygen atoms in total. The number of hydrogen-bond donors (Lipinski definition) is 0. The van der Waals surface area contributed by atoms with Gasteiger partial charge in [0.1, 0.15) is 17.3 Å². The van der Waals surface area contributed by atoms with E-state index in [1.165, 1.54) is 30.3 Å². The summed E-state index contributed by atoms with van der Waals surface area (Å²) in [5.41, 5.74) is 1.89. The molecular formula is C30H23F3O3. The molecule has 0 saturated carbocycles. The van der Waals surface area contributed by atoms with Gasteiger partial charge in [-0.25, -0.2) is 18.0 Å². The summed E-state index contributed by atoms with van der Waals surface area (Å²) in [6, 6.07) is 20.1. The second-order valence-corrected chi connectivity index (χ2v) is 8.14. The van der Waals surface area contributed by atoms with Crippen molar-refractivity contribution in [1.29, 1.82) is 0 Å². The average Bonchev–Trinajstić information content (AvgIpc) is 2.87. The van der Waals surface area contributed by atoms with Crippen LogP contribution in [-0.2, 0) is 0 Å².